The van der Waals surface area contributed by atoms with Gasteiger partial charge in [-0.3, -0.25) is 0 Å². The van der Waals surface area contributed by atoms with Crippen LogP contribution >= 0.6 is 11.8 Å². The van der Waals surface area contributed by atoms with E-state index in [1.54, 1.807) is 11.8 Å². The number of aromatic hydroxyl groups is 1. The molecule has 0 atom stereocenters. The molecular formula is C22H30OS. The molecule has 1 nitrogen and oxygen atoms in total. The zero-order valence-corrected chi connectivity index (χ0v) is 16.8. The molecule has 1 N–H and O–H groups in total. The predicted molar refractivity (Wildman–Crippen MR) is 106 cm³/mol. The standard InChI is InChI=1S/C22H30OS/c1-15-10-8-9-11-19(15)24-14-16-12-17(21(2,3)4)13-18(20(16)23)22(5,6)7/h8-13,23H,14H2,1-7H3. The van der Waals surface area contributed by atoms with Crippen LogP contribution in [0.25, 0.3) is 0 Å². The van der Waals surface area contributed by atoms with Gasteiger partial charge in [0.15, 0.2) is 0 Å². The van der Waals surface area contributed by atoms with Gasteiger partial charge in [0.2, 0.25) is 0 Å². The zero-order valence-electron chi connectivity index (χ0n) is 16.0. The van der Waals surface area contributed by atoms with Gasteiger partial charge in [-0.05, 0) is 40.5 Å². The molecule has 0 heterocycles. The first-order valence-electron chi connectivity index (χ1n) is 8.55. The monoisotopic (exact) mass is 342 g/mol. The number of rotatable bonds is 3. The van der Waals surface area contributed by atoms with Crippen LogP contribution in [0.5, 0.6) is 5.75 Å². The largest absolute Gasteiger partial charge is 0.507 e. The molecule has 0 unspecified atom stereocenters. The molecule has 2 rings (SSSR count). The molecule has 0 radical (unpaired) electrons. The van der Waals surface area contributed by atoms with Gasteiger partial charge < -0.3 is 5.11 Å². The average Bonchev–Trinajstić information content (AvgIpc) is 2.45. The van der Waals surface area contributed by atoms with Gasteiger partial charge in [-0.2, -0.15) is 0 Å². The maximum atomic E-state index is 10.8. The van der Waals surface area contributed by atoms with E-state index in [2.05, 4.69) is 84.9 Å². The topological polar surface area (TPSA) is 20.2 Å². The first-order valence-corrected chi connectivity index (χ1v) is 9.54. The maximum Gasteiger partial charge on any atom is 0.123 e. The van der Waals surface area contributed by atoms with E-state index in [0.29, 0.717) is 5.75 Å². The summed E-state index contributed by atoms with van der Waals surface area (Å²) in [7, 11) is 0. The molecule has 24 heavy (non-hydrogen) atoms. The third kappa shape index (κ3) is 4.36. The lowest BCUT2D eigenvalue weighted by Crippen LogP contribution is -2.17. The smallest absolute Gasteiger partial charge is 0.123 e. The summed E-state index contributed by atoms with van der Waals surface area (Å²) in [5.74, 6) is 1.24. The SMILES string of the molecule is Cc1ccccc1SCc1cc(C(C)(C)C)cc(C(C)(C)C)c1O. The molecule has 0 aromatic heterocycles. The molecule has 2 aromatic carbocycles. The Morgan fingerprint density at radius 3 is 2.08 bits per heavy atom. The second-order valence-electron chi connectivity index (χ2n) is 8.59. The van der Waals surface area contributed by atoms with Crippen molar-refractivity contribution >= 4 is 11.8 Å². The molecule has 0 saturated carbocycles. The highest BCUT2D eigenvalue weighted by Crippen LogP contribution is 2.40. The minimum absolute atomic E-state index is 0.0653. The molecule has 0 saturated heterocycles. The van der Waals surface area contributed by atoms with Gasteiger partial charge in [-0.25, -0.2) is 0 Å². The fraction of sp³-hybridized carbons (Fsp3) is 0.455. The molecule has 0 fully saturated rings. The number of phenols is 1. The van der Waals surface area contributed by atoms with E-state index in [9.17, 15) is 5.11 Å². The van der Waals surface area contributed by atoms with Gasteiger partial charge in [-0.1, -0.05) is 71.9 Å². The molecule has 0 aliphatic rings. The normalized spacial score (nSPS) is 12.5. The minimum atomic E-state index is -0.0760. The summed E-state index contributed by atoms with van der Waals surface area (Å²) < 4.78 is 0. The molecule has 0 aliphatic heterocycles. The molecule has 2 aromatic rings. The summed E-state index contributed by atoms with van der Waals surface area (Å²) in [5.41, 5.74) is 4.62. The lowest BCUT2D eigenvalue weighted by Gasteiger charge is -2.27. The van der Waals surface area contributed by atoms with Crippen molar-refractivity contribution < 1.29 is 5.11 Å². The summed E-state index contributed by atoms with van der Waals surface area (Å²) in [6, 6.07) is 12.8. The van der Waals surface area contributed by atoms with Crippen LogP contribution < -0.4 is 0 Å². The highest BCUT2D eigenvalue weighted by Gasteiger charge is 2.24. The van der Waals surface area contributed by atoms with Crippen LogP contribution in [-0.2, 0) is 16.6 Å². The van der Waals surface area contributed by atoms with E-state index in [1.165, 1.54) is 16.0 Å². The third-order valence-corrected chi connectivity index (χ3v) is 5.56. The van der Waals surface area contributed by atoms with Crippen molar-refractivity contribution in [1.29, 1.82) is 0 Å². The molecule has 0 amide bonds. The van der Waals surface area contributed by atoms with Crippen LogP contribution in [0.15, 0.2) is 41.3 Å². The van der Waals surface area contributed by atoms with Crippen LogP contribution in [0.4, 0.5) is 0 Å². The second-order valence-corrected chi connectivity index (χ2v) is 9.60. The van der Waals surface area contributed by atoms with E-state index in [4.69, 9.17) is 0 Å². The summed E-state index contributed by atoms with van der Waals surface area (Å²) >= 11 is 1.79. The number of benzene rings is 2. The summed E-state index contributed by atoms with van der Waals surface area (Å²) in [6.07, 6.45) is 0. The summed E-state index contributed by atoms with van der Waals surface area (Å²) in [5, 5.41) is 10.8. The van der Waals surface area contributed by atoms with Crippen molar-refractivity contribution in [2.75, 3.05) is 0 Å². The van der Waals surface area contributed by atoms with Crippen LogP contribution in [0, 0.1) is 6.92 Å². The van der Waals surface area contributed by atoms with E-state index < -0.39 is 0 Å². The minimum Gasteiger partial charge on any atom is -0.507 e. The van der Waals surface area contributed by atoms with Gasteiger partial charge in [0.1, 0.15) is 5.75 Å². The molecule has 0 spiro atoms. The van der Waals surface area contributed by atoms with Crippen LogP contribution in [0.3, 0.4) is 0 Å². The lowest BCUT2D eigenvalue weighted by atomic mass is 9.79. The van der Waals surface area contributed by atoms with Gasteiger partial charge in [-0.15, -0.1) is 11.8 Å². The van der Waals surface area contributed by atoms with Crippen LogP contribution in [0.1, 0.15) is 63.8 Å². The zero-order chi connectivity index (χ0) is 18.1. The van der Waals surface area contributed by atoms with Gasteiger partial charge in [0.25, 0.3) is 0 Å². The van der Waals surface area contributed by atoms with Gasteiger partial charge in [0, 0.05) is 16.2 Å². The Morgan fingerprint density at radius 2 is 1.54 bits per heavy atom. The number of hydrogen-bond acceptors (Lipinski definition) is 2. The summed E-state index contributed by atoms with van der Waals surface area (Å²) in [4.78, 5) is 1.27. The second kappa shape index (κ2) is 6.84. The third-order valence-electron chi connectivity index (χ3n) is 4.34. The molecule has 0 aliphatic carbocycles. The van der Waals surface area contributed by atoms with Crippen molar-refractivity contribution in [1.82, 2.24) is 0 Å². The Hall–Kier alpha value is -1.41. The number of thioether (sulfide) groups is 1. The van der Waals surface area contributed by atoms with Crippen LogP contribution in [0.2, 0.25) is 0 Å². The van der Waals surface area contributed by atoms with E-state index >= 15 is 0 Å². The van der Waals surface area contributed by atoms with E-state index in [1.807, 2.05) is 0 Å². The van der Waals surface area contributed by atoms with Crippen molar-refractivity contribution in [3.63, 3.8) is 0 Å². The van der Waals surface area contributed by atoms with Crippen molar-refractivity contribution in [3.8, 4) is 5.75 Å². The number of hydrogen-bond donors (Lipinski definition) is 1. The van der Waals surface area contributed by atoms with Gasteiger partial charge in [0.05, 0.1) is 0 Å². The number of phenolic OH excluding ortho intramolecular Hbond substituents is 1. The van der Waals surface area contributed by atoms with E-state index in [-0.39, 0.29) is 10.8 Å². The quantitative estimate of drug-likeness (QED) is 0.635. The Labute approximate surface area is 151 Å². The molecule has 130 valence electrons. The van der Waals surface area contributed by atoms with Crippen LogP contribution in [-0.4, -0.2) is 5.11 Å². The first-order chi connectivity index (χ1) is 11.0. The maximum absolute atomic E-state index is 10.8. The Kier molecular flexibility index (Phi) is 5.39. The van der Waals surface area contributed by atoms with Crippen molar-refractivity contribution in [3.05, 3.63) is 58.7 Å². The molecule has 2 heteroatoms. The lowest BCUT2D eigenvalue weighted by molar-refractivity contribution is 0.440. The molecule has 0 bridgehead atoms. The fourth-order valence-corrected chi connectivity index (χ4v) is 3.68. The predicted octanol–water partition coefficient (Wildman–Crippen LogP) is 6.59. The Balaban J connectivity index is 2.43. The van der Waals surface area contributed by atoms with Crippen molar-refractivity contribution in [2.45, 2.75) is 69.9 Å². The summed E-state index contributed by atoms with van der Waals surface area (Å²) in [6.45, 7) is 15.3. The van der Waals surface area contributed by atoms with E-state index in [0.717, 1.165) is 16.9 Å². The fourth-order valence-electron chi connectivity index (χ4n) is 2.68. The van der Waals surface area contributed by atoms with Crippen molar-refractivity contribution in [2.24, 2.45) is 0 Å². The van der Waals surface area contributed by atoms with Gasteiger partial charge >= 0.3 is 0 Å². The first kappa shape index (κ1) is 18.9. The number of aryl methyl sites for hydroxylation is 1. The highest BCUT2D eigenvalue weighted by atomic mass is 32.2. The Bertz CT molecular complexity index is 718. The Morgan fingerprint density at radius 1 is 0.917 bits per heavy atom. The highest BCUT2D eigenvalue weighted by molar-refractivity contribution is 7.98. The molecular weight excluding hydrogens is 312 g/mol. The average molecular weight is 343 g/mol.